The SMILES string of the molecule is COc1ccc(OC)c(C(=O)Nc2ccc(S(=O)(=O)N3CCCCC3)cc2)c1. The van der Waals surface area contributed by atoms with Gasteiger partial charge in [-0.25, -0.2) is 8.42 Å². The molecule has 8 heteroatoms. The molecule has 0 spiro atoms. The molecular weight excluding hydrogens is 380 g/mol. The van der Waals surface area contributed by atoms with Crippen LogP contribution in [0.1, 0.15) is 29.6 Å². The van der Waals surface area contributed by atoms with Crippen LogP contribution in [0.5, 0.6) is 11.5 Å². The predicted molar refractivity (Wildman–Crippen MR) is 107 cm³/mol. The van der Waals surface area contributed by atoms with Gasteiger partial charge in [0.05, 0.1) is 24.7 Å². The number of sulfonamides is 1. The van der Waals surface area contributed by atoms with Gasteiger partial charge in [0.1, 0.15) is 11.5 Å². The maximum atomic E-state index is 12.7. The molecule has 1 saturated heterocycles. The second-order valence-electron chi connectivity index (χ2n) is 6.51. The lowest BCUT2D eigenvalue weighted by molar-refractivity contribution is 0.102. The zero-order chi connectivity index (χ0) is 20.1. The van der Waals surface area contributed by atoms with Crippen LogP contribution in [0, 0.1) is 0 Å². The largest absolute Gasteiger partial charge is 0.497 e. The monoisotopic (exact) mass is 404 g/mol. The summed E-state index contributed by atoms with van der Waals surface area (Å²) in [5.41, 5.74) is 0.819. The van der Waals surface area contributed by atoms with E-state index in [2.05, 4.69) is 5.32 Å². The quantitative estimate of drug-likeness (QED) is 0.800. The molecular formula is C20H24N2O5S. The number of nitrogens with one attached hydrogen (secondary N) is 1. The highest BCUT2D eigenvalue weighted by Gasteiger charge is 2.25. The van der Waals surface area contributed by atoms with E-state index in [1.807, 2.05) is 0 Å². The summed E-state index contributed by atoms with van der Waals surface area (Å²) in [5.74, 6) is 0.582. The molecule has 7 nitrogen and oxygen atoms in total. The molecule has 1 heterocycles. The van der Waals surface area contributed by atoms with Crippen LogP contribution in [0.4, 0.5) is 5.69 Å². The van der Waals surface area contributed by atoms with Gasteiger partial charge in [0.15, 0.2) is 0 Å². The first kappa shape index (κ1) is 20.2. The lowest BCUT2D eigenvalue weighted by Gasteiger charge is -2.25. The molecule has 1 amide bonds. The van der Waals surface area contributed by atoms with E-state index in [1.54, 1.807) is 30.3 Å². The van der Waals surface area contributed by atoms with E-state index in [4.69, 9.17) is 9.47 Å². The van der Waals surface area contributed by atoms with Gasteiger partial charge in [-0.05, 0) is 55.3 Å². The van der Waals surface area contributed by atoms with Crippen molar-refractivity contribution >= 4 is 21.6 Å². The number of hydrogen-bond acceptors (Lipinski definition) is 5. The number of carbonyl (C=O) groups excluding carboxylic acids is 1. The summed E-state index contributed by atoms with van der Waals surface area (Å²) >= 11 is 0. The van der Waals surface area contributed by atoms with Crippen molar-refractivity contribution in [2.45, 2.75) is 24.2 Å². The Morgan fingerprint density at radius 2 is 1.64 bits per heavy atom. The average molecular weight is 404 g/mol. The van der Waals surface area contributed by atoms with Crippen molar-refractivity contribution in [1.82, 2.24) is 4.31 Å². The molecule has 0 radical (unpaired) electrons. The molecule has 2 aromatic carbocycles. The Hall–Kier alpha value is -2.58. The van der Waals surface area contributed by atoms with Gasteiger partial charge < -0.3 is 14.8 Å². The summed E-state index contributed by atoms with van der Waals surface area (Å²) in [6.07, 6.45) is 2.83. The molecule has 1 fully saturated rings. The van der Waals surface area contributed by atoms with Crippen LogP contribution >= 0.6 is 0 Å². The van der Waals surface area contributed by atoms with Crippen molar-refractivity contribution in [3.8, 4) is 11.5 Å². The van der Waals surface area contributed by atoms with Crippen LogP contribution < -0.4 is 14.8 Å². The topological polar surface area (TPSA) is 84.9 Å². The van der Waals surface area contributed by atoms with Gasteiger partial charge in [-0.3, -0.25) is 4.79 Å². The summed E-state index contributed by atoms with van der Waals surface area (Å²) in [6.45, 7) is 1.10. The minimum absolute atomic E-state index is 0.228. The van der Waals surface area contributed by atoms with Crippen molar-refractivity contribution in [2.75, 3.05) is 32.6 Å². The van der Waals surface area contributed by atoms with Crippen LogP contribution in [0.15, 0.2) is 47.4 Å². The van der Waals surface area contributed by atoms with Gasteiger partial charge in [0, 0.05) is 18.8 Å². The first-order chi connectivity index (χ1) is 13.5. The Balaban J connectivity index is 1.76. The molecule has 0 aromatic heterocycles. The predicted octanol–water partition coefficient (Wildman–Crippen LogP) is 3.13. The minimum Gasteiger partial charge on any atom is -0.497 e. The van der Waals surface area contributed by atoms with E-state index >= 15 is 0 Å². The summed E-state index contributed by atoms with van der Waals surface area (Å²) in [5, 5.41) is 2.76. The van der Waals surface area contributed by atoms with Gasteiger partial charge in [0.25, 0.3) is 5.91 Å². The van der Waals surface area contributed by atoms with Crippen LogP contribution in [-0.2, 0) is 10.0 Å². The van der Waals surface area contributed by atoms with Crippen LogP contribution in [0.25, 0.3) is 0 Å². The first-order valence-electron chi connectivity index (χ1n) is 9.09. The zero-order valence-electron chi connectivity index (χ0n) is 16.0. The molecule has 1 aliphatic rings. The third kappa shape index (κ3) is 4.28. The number of anilines is 1. The lowest BCUT2D eigenvalue weighted by Crippen LogP contribution is -2.35. The van der Waals surface area contributed by atoms with E-state index in [0.717, 1.165) is 19.3 Å². The molecule has 0 bridgehead atoms. The first-order valence-corrected chi connectivity index (χ1v) is 10.5. The number of hydrogen-bond donors (Lipinski definition) is 1. The minimum atomic E-state index is -3.50. The summed E-state index contributed by atoms with van der Waals surface area (Å²) in [6, 6.07) is 11.1. The highest BCUT2D eigenvalue weighted by atomic mass is 32.2. The highest BCUT2D eigenvalue weighted by Crippen LogP contribution is 2.26. The molecule has 2 aromatic rings. The molecule has 1 N–H and O–H groups in total. The second kappa shape index (κ2) is 8.62. The number of amides is 1. The average Bonchev–Trinajstić information content (AvgIpc) is 2.74. The smallest absolute Gasteiger partial charge is 0.259 e. The molecule has 0 atom stereocenters. The number of piperidine rings is 1. The Labute approximate surface area is 165 Å². The Bertz CT molecular complexity index is 936. The molecule has 0 aliphatic carbocycles. The van der Waals surface area contributed by atoms with Gasteiger partial charge in [-0.2, -0.15) is 4.31 Å². The number of ether oxygens (including phenoxy) is 2. The van der Waals surface area contributed by atoms with Crippen molar-refractivity contribution in [1.29, 1.82) is 0 Å². The third-order valence-electron chi connectivity index (χ3n) is 4.72. The molecule has 28 heavy (non-hydrogen) atoms. The molecule has 0 saturated carbocycles. The standard InChI is InChI=1S/C20H24N2O5S/c1-26-16-8-11-19(27-2)18(14-16)20(23)21-15-6-9-17(10-7-15)28(24,25)22-12-4-3-5-13-22/h6-11,14H,3-5,12-13H2,1-2H3,(H,21,23). The van der Waals surface area contributed by atoms with Gasteiger partial charge in [-0.1, -0.05) is 6.42 Å². The van der Waals surface area contributed by atoms with Crippen LogP contribution in [-0.4, -0.2) is 45.9 Å². The number of carbonyl (C=O) groups is 1. The van der Waals surface area contributed by atoms with Crippen molar-refractivity contribution < 1.29 is 22.7 Å². The molecule has 1 aliphatic heterocycles. The summed E-state index contributed by atoms with van der Waals surface area (Å²) < 4.78 is 37.3. The fraction of sp³-hybridized carbons (Fsp3) is 0.350. The molecule has 150 valence electrons. The molecule has 0 unspecified atom stereocenters. The van der Waals surface area contributed by atoms with Crippen molar-refractivity contribution in [3.05, 3.63) is 48.0 Å². The van der Waals surface area contributed by atoms with Crippen molar-refractivity contribution in [2.24, 2.45) is 0 Å². The van der Waals surface area contributed by atoms with E-state index in [9.17, 15) is 13.2 Å². The van der Waals surface area contributed by atoms with E-state index < -0.39 is 10.0 Å². The van der Waals surface area contributed by atoms with E-state index in [1.165, 1.54) is 30.7 Å². The number of rotatable bonds is 6. The summed E-state index contributed by atoms with van der Waals surface area (Å²) in [4.78, 5) is 12.8. The zero-order valence-corrected chi connectivity index (χ0v) is 16.8. The summed E-state index contributed by atoms with van der Waals surface area (Å²) in [7, 11) is -0.491. The molecule has 3 rings (SSSR count). The number of methoxy groups -OCH3 is 2. The number of nitrogens with zero attached hydrogens (tertiary/aromatic N) is 1. The van der Waals surface area contributed by atoms with Gasteiger partial charge in [-0.15, -0.1) is 0 Å². The Kier molecular flexibility index (Phi) is 6.21. The van der Waals surface area contributed by atoms with E-state index in [-0.39, 0.29) is 10.8 Å². The van der Waals surface area contributed by atoms with Gasteiger partial charge >= 0.3 is 0 Å². The van der Waals surface area contributed by atoms with E-state index in [0.29, 0.717) is 35.8 Å². The maximum absolute atomic E-state index is 12.7. The lowest BCUT2D eigenvalue weighted by atomic mass is 10.1. The fourth-order valence-electron chi connectivity index (χ4n) is 3.15. The highest BCUT2D eigenvalue weighted by molar-refractivity contribution is 7.89. The maximum Gasteiger partial charge on any atom is 0.259 e. The van der Waals surface area contributed by atoms with Crippen molar-refractivity contribution in [3.63, 3.8) is 0 Å². The van der Waals surface area contributed by atoms with Crippen LogP contribution in [0.3, 0.4) is 0 Å². The number of benzene rings is 2. The Morgan fingerprint density at radius 3 is 2.25 bits per heavy atom. The second-order valence-corrected chi connectivity index (χ2v) is 8.45. The normalized spacial score (nSPS) is 15.1. The third-order valence-corrected chi connectivity index (χ3v) is 6.63. The van der Waals surface area contributed by atoms with Crippen LogP contribution in [0.2, 0.25) is 0 Å². The fourth-order valence-corrected chi connectivity index (χ4v) is 4.67. The van der Waals surface area contributed by atoms with Gasteiger partial charge in [0.2, 0.25) is 10.0 Å². The Morgan fingerprint density at radius 1 is 0.964 bits per heavy atom.